The summed E-state index contributed by atoms with van der Waals surface area (Å²) in [6.45, 7) is 2.25. The Labute approximate surface area is 122 Å². The number of rotatable bonds is 8. The van der Waals surface area contributed by atoms with Gasteiger partial charge in [0, 0.05) is 31.4 Å². The fourth-order valence-electron chi connectivity index (χ4n) is 1.93. The Kier molecular flexibility index (Phi) is 5.48. The lowest BCUT2D eigenvalue weighted by Gasteiger charge is -2.02. The predicted octanol–water partition coefficient (Wildman–Crippen LogP) is 2.98. The van der Waals surface area contributed by atoms with E-state index in [1.165, 1.54) is 12.1 Å². The summed E-state index contributed by atoms with van der Waals surface area (Å²) in [6.07, 6.45) is 0.951. The van der Waals surface area contributed by atoms with Crippen LogP contribution in [0.25, 0.3) is 11.3 Å². The van der Waals surface area contributed by atoms with E-state index in [0.717, 1.165) is 30.9 Å². The summed E-state index contributed by atoms with van der Waals surface area (Å²) in [5.41, 5.74) is 0.900. The Morgan fingerprint density at radius 2 is 2.00 bits per heavy atom. The van der Waals surface area contributed by atoms with Crippen LogP contribution < -0.4 is 5.32 Å². The number of nitrogens with zero attached hydrogens (tertiary/aromatic N) is 1. The topological polar surface area (TPSA) is 77.5 Å². The number of nitrogens with one attached hydrogen (secondary N) is 1. The third-order valence-electron chi connectivity index (χ3n) is 3.03. The molecule has 1 heterocycles. The first-order valence-corrected chi connectivity index (χ1v) is 6.74. The number of nitro groups is 1. The summed E-state index contributed by atoms with van der Waals surface area (Å²) in [7, 11) is 1.68. The molecule has 0 bridgehead atoms. The van der Waals surface area contributed by atoms with E-state index < -0.39 is 4.92 Å². The van der Waals surface area contributed by atoms with Crippen LogP contribution >= 0.6 is 0 Å². The molecule has 21 heavy (non-hydrogen) atoms. The molecule has 1 N–H and O–H groups in total. The van der Waals surface area contributed by atoms with Crippen molar-refractivity contribution >= 4 is 5.69 Å². The normalized spacial score (nSPS) is 10.7. The van der Waals surface area contributed by atoms with E-state index in [4.69, 9.17) is 9.15 Å². The minimum atomic E-state index is -0.415. The number of non-ortho nitro benzene ring substituents is 1. The number of ether oxygens (including phenoxy) is 1. The Balaban J connectivity index is 1.91. The van der Waals surface area contributed by atoms with Crippen molar-refractivity contribution in [3.8, 4) is 11.3 Å². The third kappa shape index (κ3) is 4.40. The van der Waals surface area contributed by atoms with Gasteiger partial charge in [-0.05, 0) is 37.2 Å². The summed E-state index contributed by atoms with van der Waals surface area (Å²) in [5.74, 6) is 1.54. The quantitative estimate of drug-likeness (QED) is 0.459. The zero-order chi connectivity index (χ0) is 15.1. The molecule has 6 nitrogen and oxygen atoms in total. The molecule has 2 rings (SSSR count). The first-order valence-electron chi connectivity index (χ1n) is 6.74. The lowest BCUT2D eigenvalue weighted by atomic mass is 10.1. The van der Waals surface area contributed by atoms with Crippen LogP contribution in [0.2, 0.25) is 0 Å². The van der Waals surface area contributed by atoms with Crippen molar-refractivity contribution in [2.24, 2.45) is 0 Å². The van der Waals surface area contributed by atoms with Crippen molar-refractivity contribution in [3.63, 3.8) is 0 Å². The van der Waals surface area contributed by atoms with Crippen molar-refractivity contribution < 1.29 is 14.1 Å². The van der Waals surface area contributed by atoms with Gasteiger partial charge < -0.3 is 14.5 Å². The number of hydrogen-bond donors (Lipinski definition) is 1. The van der Waals surface area contributed by atoms with E-state index in [2.05, 4.69) is 5.32 Å². The van der Waals surface area contributed by atoms with Crippen molar-refractivity contribution in [3.05, 3.63) is 52.3 Å². The van der Waals surface area contributed by atoms with E-state index in [1.54, 1.807) is 19.2 Å². The lowest BCUT2D eigenvalue weighted by molar-refractivity contribution is -0.384. The first-order chi connectivity index (χ1) is 10.2. The molecule has 0 unspecified atom stereocenters. The Bertz CT molecular complexity index is 578. The van der Waals surface area contributed by atoms with Gasteiger partial charge in [0.15, 0.2) is 0 Å². The predicted molar refractivity (Wildman–Crippen MR) is 79.0 cm³/mol. The van der Waals surface area contributed by atoms with Gasteiger partial charge in [-0.3, -0.25) is 10.1 Å². The molecular weight excluding hydrogens is 272 g/mol. The van der Waals surface area contributed by atoms with E-state index >= 15 is 0 Å². The zero-order valence-electron chi connectivity index (χ0n) is 11.9. The molecule has 0 radical (unpaired) electrons. The van der Waals surface area contributed by atoms with Crippen molar-refractivity contribution in [2.75, 3.05) is 20.3 Å². The highest BCUT2D eigenvalue weighted by Crippen LogP contribution is 2.24. The third-order valence-corrected chi connectivity index (χ3v) is 3.03. The van der Waals surface area contributed by atoms with Crippen molar-refractivity contribution in [1.82, 2.24) is 5.32 Å². The maximum atomic E-state index is 10.6. The second kappa shape index (κ2) is 7.56. The highest BCUT2D eigenvalue weighted by atomic mass is 16.6. The van der Waals surface area contributed by atoms with Crippen molar-refractivity contribution in [1.29, 1.82) is 0 Å². The molecule has 112 valence electrons. The second-order valence-electron chi connectivity index (χ2n) is 4.59. The monoisotopic (exact) mass is 290 g/mol. The maximum Gasteiger partial charge on any atom is 0.269 e. The summed E-state index contributed by atoms with van der Waals surface area (Å²) in [5, 5.41) is 13.9. The SMILES string of the molecule is COCCCNCc1ccc(-c2ccc([N+](=O)[O-])cc2)o1. The maximum absolute atomic E-state index is 10.6. The summed E-state index contributed by atoms with van der Waals surface area (Å²) >= 11 is 0. The highest BCUT2D eigenvalue weighted by Gasteiger charge is 2.08. The number of furan rings is 1. The van der Waals surface area contributed by atoms with Crippen LogP contribution in [0, 0.1) is 10.1 Å². The van der Waals surface area contributed by atoms with Gasteiger partial charge in [0.05, 0.1) is 11.5 Å². The van der Waals surface area contributed by atoms with E-state index in [-0.39, 0.29) is 5.69 Å². The Hall–Kier alpha value is -2.18. The van der Waals surface area contributed by atoms with Gasteiger partial charge in [-0.2, -0.15) is 0 Å². The van der Waals surface area contributed by atoms with Gasteiger partial charge in [-0.1, -0.05) is 0 Å². The molecule has 0 fully saturated rings. The molecule has 0 saturated heterocycles. The van der Waals surface area contributed by atoms with Gasteiger partial charge in [0.25, 0.3) is 5.69 Å². The van der Waals surface area contributed by atoms with Crippen LogP contribution in [-0.2, 0) is 11.3 Å². The van der Waals surface area contributed by atoms with Crippen LogP contribution in [0.5, 0.6) is 0 Å². The lowest BCUT2D eigenvalue weighted by Crippen LogP contribution is -2.15. The molecular formula is C15H18N2O4. The standard InChI is InChI=1S/C15H18N2O4/c1-20-10-2-9-16-11-14-7-8-15(21-14)12-3-5-13(6-4-12)17(18)19/h3-8,16H,2,9-11H2,1H3. The molecule has 2 aromatic rings. The fourth-order valence-corrected chi connectivity index (χ4v) is 1.93. The number of benzene rings is 1. The largest absolute Gasteiger partial charge is 0.460 e. The van der Waals surface area contributed by atoms with Gasteiger partial charge >= 0.3 is 0 Å². The Morgan fingerprint density at radius 1 is 1.24 bits per heavy atom. The van der Waals surface area contributed by atoms with Crippen LogP contribution in [0.4, 0.5) is 5.69 Å². The molecule has 1 aromatic heterocycles. The van der Waals surface area contributed by atoms with Gasteiger partial charge in [-0.15, -0.1) is 0 Å². The van der Waals surface area contributed by atoms with Crippen molar-refractivity contribution in [2.45, 2.75) is 13.0 Å². The minimum Gasteiger partial charge on any atom is -0.460 e. The van der Waals surface area contributed by atoms with E-state index in [1.807, 2.05) is 12.1 Å². The Morgan fingerprint density at radius 3 is 2.67 bits per heavy atom. The number of nitro benzene ring substituents is 1. The van der Waals surface area contributed by atoms with Crippen LogP contribution in [0.15, 0.2) is 40.8 Å². The van der Waals surface area contributed by atoms with Gasteiger partial charge in [-0.25, -0.2) is 0 Å². The highest BCUT2D eigenvalue weighted by molar-refractivity contribution is 5.59. The first kappa shape index (κ1) is 15.2. The molecule has 0 aliphatic heterocycles. The molecule has 0 saturated carbocycles. The molecule has 0 spiro atoms. The zero-order valence-corrected chi connectivity index (χ0v) is 11.9. The summed E-state index contributed by atoms with van der Waals surface area (Å²) < 4.78 is 10.7. The molecule has 0 aliphatic rings. The van der Waals surface area contributed by atoms with Gasteiger partial charge in [0.1, 0.15) is 11.5 Å². The average Bonchev–Trinajstić information content (AvgIpc) is 2.96. The fraction of sp³-hybridized carbons (Fsp3) is 0.333. The van der Waals surface area contributed by atoms with Crippen LogP contribution in [0.3, 0.4) is 0 Å². The van der Waals surface area contributed by atoms with E-state index in [9.17, 15) is 10.1 Å². The number of methoxy groups -OCH3 is 1. The van der Waals surface area contributed by atoms with E-state index in [0.29, 0.717) is 12.3 Å². The smallest absolute Gasteiger partial charge is 0.269 e. The molecule has 0 amide bonds. The molecule has 1 aromatic carbocycles. The molecule has 6 heteroatoms. The molecule has 0 aliphatic carbocycles. The summed E-state index contributed by atoms with van der Waals surface area (Å²) in [4.78, 5) is 10.2. The van der Waals surface area contributed by atoms with Crippen LogP contribution in [-0.4, -0.2) is 25.2 Å². The van der Waals surface area contributed by atoms with Crippen LogP contribution in [0.1, 0.15) is 12.2 Å². The molecule has 0 atom stereocenters. The van der Waals surface area contributed by atoms with Gasteiger partial charge in [0.2, 0.25) is 0 Å². The summed E-state index contributed by atoms with van der Waals surface area (Å²) in [6, 6.07) is 10.1. The minimum absolute atomic E-state index is 0.0744. The second-order valence-corrected chi connectivity index (χ2v) is 4.59. The average molecular weight is 290 g/mol. The number of hydrogen-bond acceptors (Lipinski definition) is 5.